The fourth-order valence-electron chi connectivity index (χ4n) is 1.58. The number of nitrogens with zero attached hydrogens (tertiary/aromatic N) is 3. The molecule has 17 heavy (non-hydrogen) atoms. The van der Waals surface area contributed by atoms with Crippen LogP contribution in [0.4, 0.5) is 0 Å². The molecule has 2 rings (SSSR count). The van der Waals surface area contributed by atoms with Gasteiger partial charge in [-0.1, -0.05) is 5.16 Å². The normalized spacial score (nSPS) is 23.6. The Hall–Kier alpha value is -1.85. The maximum absolute atomic E-state index is 11.0. The van der Waals surface area contributed by atoms with Gasteiger partial charge in [0.05, 0.1) is 11.9 Å². The molecular weight excluding hydrogens is 222 g/mol. The third-order valence-electron chi connectivity index (χ3n) is 2.78. The highest BCUT2D eigenvalue weighted by Gasteiger charge is 2.42. The molecule has 6 nitrogen and oxygen atoms in total. The molecule has 0 saturated carbocycles. The van der Waals surface area contributed by atoms with Crippen molar-refractivity contribution < 1.29 is 14.7 Å². The first kappa shape index (κ1) is 11.6. The van der Waals surface area contributed by atoms with Gasteiger partial charge in [-0.15, -0.1) is 0 Å². The third-order valence-corrected chi connectivity index (χ3v) is 2.78. The molecule has 1 atom stereocenters. The largest absolute Gasteiger partial charge is 0.478 e. The smallest absolute Gasteiger partial charge is 0.351 e. The Balaban J connectivity index is 2.17. The number of aliphatic carboxylic acids is 1. The first-order chi connectivity index (χ1) is 7.92. The van der Waals surface area contributed by atoms with Crippen molar-refractivity contribution in [1.82, 2.24) is 9.78 Å². The molecule has 0 spiro atoms. The summed E-state index contributed by atoms with van der Waals surface area (Å²) >= 11 is 0. The van der Waals surface area contributed by atoms with Crippen LogP contribution in [0.5, 0.6) is 0 Å². The van der Waals surface area contributed by atoms with Crippen LogP contribution in [0.2, 0.25) is 0 Å². The summed E-state index contributed by atoms with van der Waals surface area (Å²) in [5, 5.41) is 17.0. The molecule has 0 saturated heterocycles. The molecule has 1 aromatic rings. The van der Waals surface area contributed by atoms with Crippen LogP contribution in [-0.4, -0.2) is 32.2 Å². The number of rotatable bonds is 3. The van der Waals surface area contributed by atoms with E-state index in [1.165, 1.54) is 6.92 Å². The van der Waals surface area contributed by atoms with Gasteiger partial charge in [-0.05, 0) is 20.8 Å². The highest BCUT2D eigenvalue weighted by Crippen LogP contribution is 2.26. The van der Waals surface area contributed by atoms with Crippen molar-refractivity contribution in [1.29, 1.82) is 0 Å². The molecule has 92 valence electrons. The maximum atomic E-state index is 11.0. The fraction of sp³-hybridized carbons (Fsp3) is 0.545. The van der Waals surface area contributed by atoms with Crippen molar-refractivity contribution in [3.05, 3.63) is 18.0 Å². The van der Waals surface area contributed by atoms with Crippen LogP contribution in [0, 0.1) is 0 Å². The SMILES string of the molecule is CC(C)n1cc(C2=NOC(C)(C(=O)O)C2)cn1. The summed E-state index contributed by atoms with van der Waals surface area (Å²) < 4.78 is 1.80. The van der Waals surface area contributed by atoms with Gasteiger partial charge < -0.3 is 9.94 Å². The van der Waals surface area contributed by atoms with E-state index >= 15 is 0 Å². The van der Waals surface area contributed by atoms with E-state index in [0.29, 0.717) is 5.71 Å². The number of hydrogen-bond donors (Lipinski definition) is 1. The van der Waals surface area contributed by atoms with Gasteiger partial charge in [-0.25, -0.2) is 4.79 Å². The van der Waals surface area contributed by atoms with Crippen molar-refractivity contribution in [3.63, 3.8) is 0 Å². The van der Waals surface area contributed by atoms with Gasteiger partial charge >= 0.3 is 5.97 Å². The Morgan fingerprint density at radius 1 is 1.65 bits per heavy atom. The Morgan fingerprint density at radius 2 is 2.35 bits per heavy atom. The van der Waals surface area contributed by atoms with Crippen LogP contribution in [-0.2, 0) is 9.63 Å². The average Bonchev–Trinajstić information content (AvgIpc) is 2.84. The van der Waals surface area contributed by atoms with E-state index in [4.69, 9.17) is 9.94 Å². The summed E-state index contributed by atoms with van der Waals surface area (Å²) in [5.74, 6) is -1.01. The number of carbonyl (C=O) groups is 1. The highest BCUT2D eigenvalue weighted by molar-refractivity contribution is 6.04. The Kier molecular flexibility index (Phi) is 2.65. The van der Waals surface area contributed by atoms with Gasteiger partial charge in [0, 0.05) is 24.2 Å². The zero-order valence-electron chi connectivity index (χ0n) is 10.0. The first-order valence-corrected chi connectivity index (χ1v) is 5.45. The monoisotopic (exact) mass is 237 g/mol. The number of carboxylic acids is 1. The molecule has 0 aromatic carbocycles. The quantitative estimate of drug-likeness (QED) is 0.862. The minimum atomic E-state index is -1.25. The molecule has 0 amide bonds. The third kappa shape index (κ3) is 2.02. The van der Waals surface area contributed by atoms with E-state index in [-0.39, 0.29) is 12.5 Å². The lowest BCUT2D eigenvalue weighted by molar-refractivity contribution is -0.160. The van der Waals surface area contributed by atoms with Gasteiger partial charge in [-0.2, -0.15) is 5.10 Å². The second-order valence-corrected chi connectivity index (χ2v) is 4.64. The lowest BCUT2D eigenvalue weighted by Gasteiger charge is -2.14. The fourth-order valence-corrected chi connectivity index (χ4v) is 1.58. The molecule has 0 bridgehead atoms. The van der Waals surface area contributed by atoms with Gasteiger partial charge in [0.2, 0.25) is 5.60 Å². The van der Waals surface area contributed by atoms with E-state index in [1.54, 1.807) is 10.9 Å². The molecule has 2 heterocycles. The highest BCUT2D eigenvalue weighted by atomic mass is 16.7. The Bertz CT molecular complexity index is 478. The number of hydrogen-bond acceptors (Lipinski definition) is 4. The summed E-state index contributed by atoms with van der Waals surface area (Å²) in [7, 11) is 0. The second-order valence-electron chi connectivity index (χ2n) is 4.64. The average molecular weight is 237 g/mol. The molecule has 1 aliphatic rings. The van der Waals surface area contributed by atoms with Crippen LogP contribution in [0.15, 0.2) is 17.5 Å². The second kappa shape index (κ2) is 3.87. The Morgan fingerprint density at radius 3 is 2.82 bits per heavy atom. The molecule has 1 aliphatic heterocycles. The lowest BCUT2D eigenvalue weighted by Crippen LogP contribution is -2.35. The summed E-state index contributed by atoms with van der Waals surface area (Å²) in [6.07, 6.45) is 3.78. The molecule has 0 fully saturated rings. The zero-order valence-corrected chi connectivity index (χ0v) is 10.0. The predicted molar refractivity (Wildman–Crippen MR) is 60.9 cm³/mol. The van der Waals surface area contributed by atoms with Crippen molar-refractivity contribution in [2.24, 2.45) is 5.16 Å². The lowest BCUT2D eigenvalue weighted by atomic mass is 9.98. The molecule has 1 unspecified atom stereocenters. The topological polar surface area (TPSA) is 76.7 Å². The van der Waals surface area contributed by atoms with Gasteiger partial charge in [0.25, 0.3) is 0 Å². The molecule has 6 heteroatoms. The number of aromatic nitrogens is 2. The molecule has 0 radical (unpaired) electrons. The number of oxime groups is 1. The maximum Gasteiger partial charge on any atom is 0.351 e. The van der Waals surface area contributed by atoms with E-state index in [1.807, 2.05) is 20.0 Å². The van der Waals surface area contributed by atoms with E-state index < -0.39 is 11.6 Å². The molecule has 1 aromatic heterocycles. The predicted octanol–water partition coefficient (Wildman–Crippen LogP) is 1.43. The van der Waals surface area contributed by atoms with Crippen LogP contribution in [0.3, 0.4) is 0 Å². The summed E-state index contributed by atoms with van der Waals surface area (Å²) in [6, 6.07) is 0.262. The molecular formula is C11H15N3O3. The molecule has 1 N–H and O–H groups in total. The van der Waals surface area contributed by atoms with Gasteiger partial charge in [0.1, 0.15) is 0 Å². The summed E-state index contributed by atoms with van der Waals surface area (Å²) in [5.41, 5.74) is 0.181. The van der Waals surface area contributed by atoms with Crippen LogP contribution < -0.4 is 0 Å². The van der Waals surface area contributed by atoms with Gasteiger partial charge in [0.15, 0.2) is 0 Å². The summed E-state index contributed by atoms with van der Waals surface area (Å²) in [6.45, 7) is 5.55. The van der Waals surface area contributed by atoms with Crippen molar-refractivity contribution in [2.75, 3.05) is 0 Å². The van der Waals surface area contributed by atoms with Crippen molar-refractivity contribution in [3.8, 4) is 0 Å². The standard InChI is InChI=1S/C11H15N3O3/c1-7(2)14-6-8(5-12-14)9-4-11(3,10(15)16)17-13-9/h5-7H,4H2,1-3H3,(H,15,16). The van der Waals surface area contributed by atoms with E-state index in [0.717, 1.165) is 5.56 Å². The first-order valence-electron chi connectivity index (χ1n) is 5.45. The van der Waals surface area contributed by atoms with Crippen LogP contribution in [0.1, 0.15) is 38.8 Å². The molecule has 0 aliphatic carbocycles. The minimum Gasteiger partial charge on any atom is -0.478 e. The number of carboxylic acid groups (broad SMARTS) is 1. The minimum absolute atomic E-state index is 0.256. The van der Waals surface area contributed by atoms with Crippen molar-refractivity contribution >= 4 is 11.7 Å². The van der Waals surface area contributed by atoms with Crippen LogP contribution >= 0.6 is 0 Å². The summed E-state index contributed by atoms with van der Waals surface area (Å²) in [4.78, 5) is 16.0. The van der Waals surface area contributed by atoms with E-state index in [2.05, 4.69) is 10.3 Å². The van der Waals surface area contributed by atoms with E-state index in [9.17, 15) is 4.79 Å². The zero-order chi connectivity index (χ0) is 12.6. The van der Waals surface area contributed by atoms with Gasteiger partial charge in [-0.3, -0.25) is 4.68 Å². The Labute approximate surface area is 98.9 Å². The van der Waals surface area contributed by atoms with Crippen molar-refractivity contribution in [2.45, 2.75) is 38.8 Å². The van der Waals surface area contributed by atoms with Crippen LogP contribution in [0.25, 0.3) is 0 Å².